The van der Waals surface area contributed by atoms with Gasteiger partial charge in [-0.15, -0.1) is 0 Å². The van der Waals surface area contributed by atoms with Crippen molar-refractivity contribution < 1.29 is 14.2 Å². The van der Waals surface area contributed by atoms with Crippen molar-refractivity contribution in [2.45, 2.75) is 13.5 Å². The Kier molecular flexibility index (Phi) is 9.69. The van der Waals surface area contributed by atoms with Gasteiger partial charge >= 0.3 is 0 Å². The van der Waals surface area contributed by atoms with Crippen LogP contribution < -0.4 is 25.1 Å². The number of nitrogens with one attached hydrogen (secondary N) is 2. The molecule has 4 aromatic rings. The smallest absolute Gasteiger partial charge is 0.250 e. The second-order valence-electron chi connectivity index (χ2n) is 8.91. The molecule has 1 saturated heterocycles. The van der Waals surface area contributed by atoms with Crippen molar-refractivity contribution >= 4 is 52.9 Å². The normalized spacial score (nSPS) is 13.3. The molecule has 2 heterocycles. The number of nitrogens with zero attached hydrogens (tertiary/aromatic N) is 5. The Bertz CT molecular complexity index is 1480. The molecule has 10 nitrogen and oxygen atoms in total. The summed E-state index contributed by atoms with van der Waals surface area (Å²) in [6.07, 6.45) is 1.66. The summed E-state index contributed by atoms with van der Waals surface area (Å²) in [7, 11) is 0. The Hall–Kier alpha value is -4.12. The van der Waals surface area contributed by atoms with Gasteiger partial charge in [0.1, 0.15) is 6.61 Å². The maximum Gasteiger partial charge on any atom is 0.250 e. The van der Waals surface area contributed by atoms with Gasteiger partial charge in [-0.25, -0.2) is 5.43 Å². The third kappa shape index (κ3) is 7.97. The minimum Gasteiger partial charge on any atom is -0.490 e. The summed E-state index contributed by atoms with van der Waals surface area (Å²) in [5.74, 6) is 2.44. The molecule has 0 unspecified atom stereocenters. The molecular weight excluding hydrogens is 565 g/mol. The van der Waals surface area contributed by atoms with Crippen molar-refractivity contribution in [2.24, 2.45) is 5.10 Å². The number of hydrazone groups is 1. The largest absolute Gasteiger partial charge is 0.490 e. The van der Waals surface area contributed by atoms with Crippen LogP contribution >= 0.6 is 23.2 Å². The molecule has 0 spiro atoms. The molecule has 41 heavy (non-hydrogen) atoms. The third-order valence-corrected chi connectivity index (χ3v) is 6.58. The van der Waals surface area contributed by atoms with Crippen molar-refractivity contribution in [3.63, 3.8) is 0 Å². The molecule has 0 atom stereocenters. The molecule has 0 saturated carbocycles. The standard InChI is InChI=1S/C29H29Cl2N7O3/c1-2-40-26-16-20(8-11-25(26)41-19-21-9-10-22(30)17-24(21)31)18-32-37-28-34-27(33-23-6-4-3-5-7-23)35-29(36-28)38-12-14-39-15-13-38/h3-11,16-18H,2,12-15,19H2,1H3,(H2,33,34,35,36,37)/b32-18-. The maximum absolute atomic E-state index is 6.29. The first-order chi connectivity index (χ1) is 20.1. The van der Waals surface area contributed by atoms with Crippen molar-refractivity contribution in [2.75, 3.05) is 48.6 Å². The lowest BCUT2D eigenvalue weighted by Crippen LogP contribution is -2.37. The van der Waals surface area contributed by atoms with Gasteiger partial charge in [0.25, 0.3) is 0 Å². The molecule has 5 rings (SSSR count). The van der Waals surface area contributed by atoms with E-state index in [9.17, 15) is 0 Å². The lowest BCUT2D eigenvalue weighted by atomic mass is 10.2. The van der Waals surface area contributed by atoms with Crippen molar-refractivity contribution in [1.82, 2.24) is 15.0 Å². The van der Waals surface area contributed by atoms with Gasteiger partial charge in [0.15, 0.2) is 11.5 Å². The fourth-order valence-corrected chi connectivity index (χ4v) is 4.44. The van der Waals surface area contributed by atoms with E-state index in [1.54, 1.807) is 18.3 Å². The SMILES string of the molecule is CCOc1cc(/C=N\Nc2nc(Nc3ccccc3)nc(N3CCOCC3)n2)ccc1OCc1ccc(Cl)cc1Cl. The fraction of sp³-hybridized carbons (Fsp3) is 0.241. The van der Waals surface area contributed by atoms with Crippen molar-refractivity contribution in [3.8, 4) is 11.5 Å². The van der Waals surface area contributed by atoms with Crippen LogP contribution in [-0.2, 0) is 11.3 Å². The van der Waals surface area contributed by atoms with Gasteiger partial charge in [-0.3, -0.25) is 0 Å². The Labute approximate surface area is 248 Å². The molecule has 1 fully saturated rings. The molecule has 1 aliphatic heterocycles. The molecular formula is C29H29Cl2N7O3. The van der Waals surface area contributed by atoms with E-state index in [2.05, 4.69) is 35.7 Å². The number of benzene rings is 3. The van der Waals surface area contributed by atoms with Crippen LogP contribution in [0.15, 0.2) is 71.8 Å². The molecule has 3 aromatic carbocycles. The molecule has 12 heteroatoms. The first kappa shape index (κ1) is 28.4. The number of hydrogen-bond donors (Lipinski definition) is 2. The van der Waals surface area contributed by atoms with Gasteiger partial charge in [0, 0.05) is 34.4 Å². The van der Waals surface area contributed by atoms with Crippen molar-refractivity contribution in [1.29, 1.82) is 0 Å². The molecule has 0 aliphatic carbocycles. The highest BCUT2D eigenvalue weighted by Crippen LogP contribution is 2.30. The lowest BCUT2D eigenvalue weighted by Gasteiger charge is -2.27. The van der Waals surface area contributed by atoms with E-state index in [4.69, 9.17) is 37.4 Å². The third-order valence-electron chi connectivity index (χ3n) is 5.99. The monoisotopic (exact) mass is 593 g/mol. The summed E-state index contributed by atoms with van der Waals surface area (Å²) in [6.45, 7) is 5.27. The first-order valence-electron chi connectivity index (χ1n) is 13.1. The van der Waals surface area contributed by atoms with E-state index in [1.807, 2.05) is 61.5 Å². The highest BCUT2D eigenvalue weighted by Gasteiger charge is 2.17. The number of ether oxygens (including phenoxy) is 3. The van der Waals surface area contributed by atoms with E-state index in [0.29, 0.717) is 72.3 Å². The fourth-order valence-electron chi connectivity index (χ4n) is 3.98. The zero-order valence-electron chi connectivity index (χ0n) is 22.4. The van der Waals surface area contributed by atoms with Crippen LogP contribution in [0, 0.1) is 0 Å². The zero-order chi connectivity index (χ0) is 28.4. The molecule has 0 radical (unpaired) electrons. The van der Waals surface area contributed by atoms with Gasteiger partial charge in [-0.1, -0.05) is 47.5 Å². The van der Waals surface area contributed by atoms with E-state index in [-0.39, 0.29) is 6.61 Å². The second-order valence-corrected chi connectivity index (χ2v) is 9.75. The van der Waals surface area contributed by atoms with Crippen LogP contribution in [0.1, 0.15) is 18.1 Å². The second kappa shape index (κ2) is 14.0. The Morgan fingerprint density at radius 2 is 1.73 bits per heavy atom. The average Bonchev–Trinajstić information content (AvgIpc) is 2.98. The number of anilines is 4. The number of halogens is 2. The number of hydrogen-bond acceptors (Lipinski definition) is 10. The number of aromatic nitrogens is 3. The van der Waals surface area contributed by atoms with Crippen LogP contribution in [0.25, 0.3) is 0 Å². The molecule has 0 amide bonds. The topological polar surface area (TPSA) is 106 Å². The highest BCUT2D eigenvalue weighted by molar-refractivity contribution is 6.35. The van der Waals surface area contributed by atoms with Crippen LogP contribution in [0.4, 0.5) is 23.5 Å². The predicted octanol–water partition coefficient (Wildman–Crippen LogP) is 6.18. The average molecular weight is 595 g/mol. The minimum atomic E-state index is 0.273. The van der Waals surface area contributed by atoms with Crippen LogP contribution in [-0.4, -0.2) is 54.1 Å². The lowest BCUT2D eigenvalue weighted by molar-refractivity contribution is 0.122. The van der Waals surface area contributed by atoms with Gasteiger partial charge in [-0.2, -0.15) is 20.1 Å². The van der Waals surface area contributed by atoms with E-state index in [0.717, 1.165) is 16.8 Å². The summed E-state index contributed by atoms with van der Waals surface area (Å²) in [5.41, 5.74) is 5.42. The van der Waals surface area contributed by atoms with Crippen molar-refractivity contribution in [3.05, 3.63) is 87.9 Å². The van der Waals surface area contributed by atoms with Gasteiger partial charge < -0.3 is 24.4 Å². The number of morpholine rings is 1. The summed E-state index contributed by atoms with van der Waals surface area (Å²) >= 11 is 12.3. The molecule has 2 N–H and O–H groups in total. The first-order valence-corrected chi connectivity index (χ1v) is 13.9. The predicted molar refractivity (Wildman–Crippen MR) is 162 cm³/mol. The van der Waals surface area contributed by atoms with E-state index in [1.165, 1.54) is 0 Å². The zero-order valence-corrected chi connectivity index (χ0v) is 23.9. The van der Waals surface area contributed by atoms with Gasteiger partial charge in [-0.05, 0) is 55.0 Å². The highest BCUT2D eigenvalue weighted by atomic mass is 35.5. The Balaban J connectivity index is 1.30. The van der Waals surface area contributed by atoms with E-state index >= 15 is 0 Å². The van der Waals surface area contributed by atoms with Gasteiger partial charge in [0.05, 0.1) is 26.0 Å². The molecule has 212 valence electrons. The summed E-state index contributed by atoms with van der Waals surface area (Å²) in [6, 6.07) is 20.6. The number of rotatable bonds is 11. The molecule has 1 aromatic heterocycles. The van der Waals surface area contributed by atoms with Crippen LogP contribution in [0.2, 0.25) is 10.0 Å². The Morgan fingerprint density at radius 3 is 2.51 bits per heavy atom. The van der Waals surface area contributed by atoms with E-state index < -0.39 is 0 Å². The summed E-state index contributed by atoms with van der Waals surface area (Å²) in [4.78, 5) is 15.7. The summed E-state index contributed by atoms with van der Waals surface area (Å²) < 4.78 is 17.3. The minimum absolute atomic E-state index is 0.273. The Morgan fingerprint density at radius 1 is 0.927 bits per heavy atom. The molecule has 0 bridgehead atoms. The summed E-state index contributed by atoms with van der Waals surface area (Å²) in [5, 5.41) is 8.72. The maximum atomic E-state index is 6.29. The van der Waals surface area contributed by atoms with Gasteiger partial charge in [0.2, 0.25) is 17.8 Å². The van der Waals surface area contributed by atoms with Crippen LogP contribution in [0.5, 0.6) is 11.5 Å². The van der Waals surface area contributed by atoms with Crippen LogP contribution in [0.3, 0.4) is 0 Å². The quantitative estimate of drug-likeness (QED) is 0.156. The molecule has 1 aliphatic rings. The number of para-hydroxylation sites is 1.